The van der Waals surface area contributed by atoms with Gasteiger partial charge in [0.05, 0.1) is 10.8 Å². The zero-order valence-electron chi connectivity index (χ0n) is 11.9. The fraction of sp³-hybridized carbons (Fsp3) is 0.333. The summed E-state index contributed by atoms with van der Waals surface area (Å²) in [7, 11) is -1.01. The van der Waals surface area contributed by atoms with E-state index in [-0.39, 0.29) is 0 Å². The minimum absolute atomic E-state index is 0.916. The van der Waals surface area contributed by atoms with Gasteiger partial charge in [-0.25, -0.2) is 4.21 Å². The summed E-state index contributed by atoms with van der Waals surface area (Å²) in [6, 6.07) is 14.6. The lowest BCUT2D eigenvalue weighted by Gasteiger charge is -2.19. The van der Waals surface area contributed by atoms with Crippen LogP contribution in [-0.4, -0.2) is 4.21 Å². The minimum Gasteiger partial charge on any atom is -0.249 e. The highest BCUT2D eigenvalue weighted by molar-refractivity contribution is 7.85. The van der Waals surface area contributed by atoms with Crippen LogP contribution in [0.3, 0.4) is 0 Å². The first kappa shape index (κ1) is 13.6. The summed E-state index contributed by atoms with van der Waals surface area (Å²) in [4.78, 5) is 1.99. The Bertz CT molecular complexity index is 646. The van der Waals surface area contributed by atoms with Gasteiger partial charge in [0.2, 0.25) is 0 Å². The molecule has 2 aromatic rings. The molecular formula is C18H20OS. The second kappa shape index (κ2) is 5.92. The standard InChI is InChI=1S/C18H20OS/c1-2-3-4-7-14-10-11-18-16(12-14)13-15-8-5-6-9-17(15)20(18)19/h5-6,8-12H,2-4,7,13H2,1H3. The molecule has 0 aromatic heterocycles. The largest absolute Gasteiger partial charge is 0.249 e. The number of aryl methyl sites for hydroxylation is 1. The van der Waals surface area contributed by atoms with Crippen molar-refractivity contribution in [3.05, 3.63) is 59.2 Å². The van der Waals surface area contributed by atoms with Crippen LogP contribution in [0, 0.1) is 0 Å². The van der Waals surface area contributed by atoms with Crippen molar-refractivity contribution in [3.8, 4) is 0 Å². The van der Waals surface area contributed by atoms with Crippen LogP contribution in [0.4, 0.5) is 0 Å². The van der Waals surface area contributed by atoms with Gasteiger partial charge in [-0.1, -0.05) is 50.1 Å². The summed E-state index contributed by atoms with van der Waals surface area (Å²) in [5.41, 5.74) is 3.84. The smallest absolute Gasteiger partial charge is 0.0855 e. The monoisotopic (exact) mass is 284 g/mol. The highest BCUT2D eigenvalue weighted by Gasteiger charge is 2.21. The molecule has 0 N–H and O–H groups in total. The SMILES string of the molecule is CCCCCc1ccc2c(c1)Cc1ccccc1S2=O. The van der Waals surface area contributed by atoms with E-state index in [0.717, 1.165) is 22.6 Å². The van der Waals surface area contributed by atoms with E-state index in [9.17, 15) is 4.21 Å². The van der Waals surface area contributed by atoms with E-state index in [4.69, 9.17) is 0 Å². The van der Waals surface area contributed by atoms with Crippen LogP contribution >= 0.6 is 0 Å². The van der Waals surface area contributed by atoms with Gasteiger partial charge >= 0.3 is 0 Å². The van der Waals surface area contributed by atoms with Gasteiger partial charge in [0.25, 0.3) is 0 Å². The maximum absolute atomic E-state index is 12.6. The zero-order chi connectivity index (χ0) is 13.9. The molecule has 0 spiro atoms. The summed E-state index contributed by atoms with van der Waals surface area (Å²) in [5.74, 6) is 0. The van der Waals surface area contributed by atoms with Crippen molar-refractivity contribution in [1.29, 1.82) is 0 Å². The van der Waals surface area contributed by atoms with Gasteiger partial charge in [-0.15, -0.1) is 0 Å². The second-order valence-electron chi connectivity index (χ2n) is 5.45. The van der Waals surface area contributed by atoms with Crippen molar-refractivity contribution in [2.75, 3.05) is 0 Å². The van der Waals surface area contributed by atoms with Crippen LogP contribution in [0.15, 0.2) is 52.3 Å². The predicted octanol–water partition coefficient (Wildman–Crippen LogP) is 4.49. The Hall–Kier alpha value is -1.41. The van der Waals surface area contributed by atoms with E-state index >= 15 is 0 Å². The van der Waals surface area contributed by atoms with Gasteiger partial charge in [-0.05, 0) is 48.1 Å². The van der Waals surface area contributed by atoms with Gasteiger partial charge in [0.15, 0.2) is 0 Å². The second-order valence-corrected chi connectivity index (χ2v) is 6.87. The summed E-state index contributed by atoms with van der Waals surface area (Å²) >= 11 is 0. The number of unbranched alkanes of at least 4 members (excludes halogenated alkanes) is 2. The van der Waals surface area contributed by atoms with Gasteiger partial charge < -0.3 is 0 Å². The molecule has 3 rings (SSSR count). The van der Waals surface area contributed by atoms with E-state index in [1.165, 1.54) is 36.0 Å². The van der Waals surface area contributed by atoms with Crippen LogP contribution in [-0.2, 0) is 23.6 Å². The van der Waals surface area contributed by atoms with Gasteiger partial charge in [-0.3, -0.25) is 0 Å². The lowest BCUT2D eigenvalue weighted by atomic mass is 9.99. The summed E-state index contributed by atoms with van der Waals surface area (Å²) in [6.07, 6.45) is 5.83. The summed E-state index contributed by atoms with van der Waals surface area (Å²) in [5, 5.41) is 0. The Morgan fingerprint density at radius 1 is 1.00 bits per heavy atom. The molecule has 0 amide bonds. The molecule has 2 heteroatoms. The van der Waals surface area contributed by atoms with E-state index in [0.29, 0.717) is 0 Å². The highest BCUT2D eigenvalue weighted by Crippen LogP contribution is 2.32. The van der Waals surface area contributed by atoms with Gasteiger partial charge in [-0.2, -0.15) is 0 Å². The predicted molar refractivity (Wildman–Crippen MR) is 83.6 cm³/mol. The molecule has 1 nitrogen and oxygen atoms in total. The lowest BCUT2D eigenvalue weighted by Crippen LogP contribution is -2.09. The number of hydrogen-bond donors (Lipinski definition) is 0. The third kappa shape index (κ3) is 2.57. The van der Waals surface area contributed by atoms with E-state index in [1.54, 1.807) is 0 Å². The van der Waals surface area contributed by atoms with Crippen molar-refractivity contribution in [2.45, 2.75) is 48.8 Å². The van der Waals surface area contributed by atoms with Crippen LogP contribution in [0.1, 0.15) is 42.9 Å². The number of fused-ring (bicyclic) bond motifs is 2. The molecule has 2 aromatic carbocycles. The Morgan fingerprint density at radius 2 is 1.80 bits per heavy atom. The summed E-state index contributed by atoms with van der Waals surface area (Å²) < 4.78 is 12.6. The first-order chi connectivity index (χ1) is 9.79. The molecule has 1 heterocycles. The molecule has 1 unspecified atom stereocenters. The minimum atomic E-state index is -1.01. The van der Waals surface area contributed by atoms with Gasteiger partial charge in [0, 0.05) is 9.79 Å². The zero-order valence-corrected chi connectivity index (χ0v) is 12.7. The average Bonchev–Trinajstić information content (AvgIpc) is 2.48. The topological polar surface area (TPSA) is 17.1 Å². The number of hydrogen-bond acceptors (Lipinski definition) is 1. The lowest BCUT2D eigenvalue weighted by molar-refractivity contribution is 0.679. The maximum atomic E-state index is 12.6. The van der Waals surface area contributed by atoms with Crippen molar-refractivity contribution in [2.24, 2.45) is 0 Å². The van der Waals surface area contributed by atoms with E-state index < -0.39 is 10.8 Å². The van der Waals surface area contributed by atoms with Crippen molar-refractivity contribution >= 4 is 10.8 Å². The van der Waals surface area contributed by atoms with E-state index in [1.807, 2.05) is 18.2 Å². The fourth-order valence-corrected chi connectivity index (χ4v) is 4.22. The molecule has 1 aliphatic rings. The van der Waals surface area contributed by atoms with E-state index in [2.05, 4.69) is 31.2 Å². The molecule has 0 bridgehead atoms. The number of benzene rings is 2. The molecule has 104 valence electrons. The Balaban J connectivity index is 1.89. The molecule has 0 saturated carbocycles. The van der Waals surface area contributed by atoms with Crippen LogP contribution in [0.5, 0.6) is 0 Å². The number of rotatable bonds is 4. The van der Waals surface area contributed by atoms with Crippen molar-refractivity contribution in [3.63, 3.8) is 0 Å². The van der Waals surface area contributed by atoms with Crippen LogP contribution in [0.2, 0.25) is 0 Å². The Kier molecular flexibility index (Phi) is 4.02. The molecule has 1 aliphatic heterocycles. The van der Waals surface area contributed by atoms with Crippen molar-refractivity contribution in [1.82, 2.24) is 0 Å². The first-order valence-corrected chi connectivity index (χ1v) is 8.56. The molecule has 0 fully saturated rings. The van der Waals surface area contributed by atoms with Gasteiger partial charge in [0.1, 0.15) is 0 Å². The quantitative estimate of drug-likeness (QED) is 0.645. The molecule has 0 aliphatic carbocycles. The maximum Gasteiger partial charge on any atom is 0.0855 e. The Labute approximate surface area is 123 Å². The molecule has 20 heavy (non-hydrogen) atoms. The summed E-state index contributed by atoms with van der Waals surface area (Å²) in [6.45, 7) is 2.23. The van der Waals surface area contributed by atoms with Crippen LogP contribution in [0.25, 0.3) is 0 Å². The fourth-order valence-electron chi connectivity index (χ4n) is 2.84. The van der Waals surface area contributed by atoms with Crippen LogP contribution < -0.4 is 0 Å². The third-order valence-corrected chi connectivity index (χ3v) is 5.54. The molecule has 0 radical (unpaired) electrons. The molecule has 0 saturated heterocycles. The molecular weight excluding hydrogens is 264 g/mol. The average molecular weight is 284 g/mol. The van der Waals surface area contributed by atoms with Crippen molar-refractivity contribution < 1.29 is 4.21 Å². The highest BCUT2D eigenvalue weighted by atomic mass is 32.2. The normalized spacial score (nSPS) is 16.6. The third-order valence-electron chi connectivity index (χ3n) is 3.95. The Morgan fingerprint density at radius 3 is 2.65 bits per heavy atom. The molecule has 1 atom stereocenters. The first-order valence-electron chi connectivity index (χ1n) is 7.41.